The van der Waals surface area contributed by atoms with Crippen LogP contribution in [0, 0.1) is 5.92 Å². The van der Waals surface area contributed by atoms with Gasteiger partial charge < -0.3 is 10.5 Å². The summed E-state index contributed by atoms with van der Waals surface area (Å²) < 4.78 is 5.23. The Morgan fingerprint density at radius 2 is 1.93 bits per heavy atom. The number of ether oxygens (including phenoxy) is 1. The largest absolute Gasteiger partial charge is 0.464 e. The van der Waals surface area contributed by atoms with Crippen LogP contribution in [-0.4, -0.2) is 18.1 Å². The smallest absolute Gasteiger partial charge is 0.326 e. The lowest BCUT2D eigenvalue weighted by molar-refractivity contribution is -0.151. The summed E-state index contributed by atoms with van der Waals surface area (Å²) in [6.45, 7) is 4.74. The Balaban J connectivity index is 2.31. The molecule has 0 saturated heterocycles. The normalized spacial score (nSPS) is 20.3. The van der Waals surface area contributed by atoms with Gasteiger partial charge >= 0.3 is 5.97 Å². The van der Waals surface area contributed by atoms with E-state index in [1.807, 2.05) is 0 Å². The van der Waals surface area contributed by atoms with Crippen molar-refractivity contribution in [2.45, 2.75) is 57.9 Å². The number of nitrogens with two attached hydrogens (primary N) is 1. The van der Waals surface area contributed by atoms with Crippen LogP contribution in [0.2, 0.25) is 0 Å². The zero-order valence-electron chi connectivity index (χ0n) is 9.92. The number of carbonyl (C=O) groups is 1. The second-order valence-electron chi connectivity index (χ2n) is 5.04. The molecule has 0 atom stereocenters. The monoisotopic (exact) mass is 213 g/mol. The predicted octanol–water partition coefficient (Wildman–Crippen LogP) is 2.24. The van der Waals surface area contributed by atoms with Gasteiger partial charge in [-0.25, -0.2) is 0 Å². The van der Waals surface area contributed by atoms with Gasteiger partial charge in [-0.3, -0.25) is 4.79 Å². The van der Waals surface area contributed by atoms with Crippen molar-refractivity contribution in [3.63, 3.8) is 0 Å². The maximum atomic E-state index is 11.8. The van der Waals surface area contributed by atoms with E-state index in [1.54, 1.807) is 0 Å². The van der Waals surface area contributed by atoms with E-state index in [2.05, 4.69) is 13.8 Å². The van der Waals surface area contributed by atoms with Crippen molar-refractivity contribution >= 4 is 5.97 Å². The first-order valence-electron chi connectivity index (χ1n) is 6.01. The lowest BCUT2D eigenvalue weighted by Crippen LogP contribution is -2.50. The second-order valence-corrected chi connectivity index (χ2v) is 5.04. The SMILES string of the molecule is CC(C)CCOC(=O)C1(N)CCCCC1. The van der Waals surface area contributed by atoms with Crippen LogP contribution in [0.25, 0.3) is 0 Å². The molecule has 3 heteroatoms. The molecule has 0 heterocycles. The molecule has 0 aromatic carbocycles. The molecule has 1 fully saturated rings. The van der Waals surface area contributed by atoms with Crippen molar-refractivity contribution < 1.29 is 9.53 Å². The average molecular weight is 213 g/mol. The molecule has 0 bridgehead atoms. The molecule has 0 spiro atoms. The van der Waals surface area contributed by atoms with Gasteiger partial charge in [0.25, 0.3) is 0 Å². The van der Waals surface area contributed by atoms with Gasteiger partial charge in [0.15, 0.2) is 0 Å². The Kier molecular flexibility index (Phi) is 4.58. The Labute approximate surface area is 92.4 Å². The lowest BCUT2D eigenvalue weighted by atomic mass is 9.83. The van der Waals surface area contributed by atoms with E-state index in [-0.39, 0.29) is 5.97 Å². The van der Waals surface area contributed by atoms with Gasteiger partial charge in [-0.1, -0.05) is 33.1 Å². The molecule has 0 aliphatic heterocycles. The third-order valence-corrected chi connectivity index (χ3v) is 3.08. The minimum Gasteiger partial charge on any atom is -0.464 e. The molecule has 0 aromatic heterocycles. The van der Waals surface area contributed by atoms with Gasteiger partial charge in [0.1, 0.15) is 5.54 Å². The number of carbonyl (C=O) groups excluding carboxylic acids is 1. The van der Waals surface area contributed by atoms with Crippen molar-refractivity contribution in [1.82, 2.24) is 0 Å². The van der Waals surface area contributed by atoms with Gasteiger partial charge in [-0.15, -0.1) is 0 Å². The molecule has 3 nitrogen and oxygen atoms in total. The number of hydrogen-bond acceptors (Lipinski definition) is 3. The third kappa shape index (κ3) is 3.82. The fourth-order valence-electron chi connectivity index (χ4n) is 1.92. The van der Waals surface area contributed by atoms with E-state index in [1.165, 1.54) is 6.42 Å². The number of esters is 1. The van der Waals surface area contributed by atoms with Crippen molar-refractivity contribution in [1.29, 1.82) is 0 Å². The predicted molar refractivity (Wildman–Crippen MR) is 60.4 cm³/mol. The molecule has 1 saturated carbocycles. The Bertz CT molecular complexity index is 208. The molecule has 0 aromatic rings. The summed E-state index contributed by atoms with van der Waals surface area (Å²) in [6.07, 6.45) is 5.78. The highest BCUT2D eigenvalue weighted by atomic mass is 16.5. The summed E-state index contributed by atoms with van der Waals surface area (Å²) in [5.74, 6) is 0.376. The molecule has 0 unspecified atom stereocenters. The van der Waals surface area contributed by atoms with Crippen LogP contribution < -0.4 is 5.73 Å². The standard InChI is InChI=1S/C12H23NO2/c1-10(2)6-9-15-11(14)12(13)7-4-3-5-8-12/h10H,3-9,13H2,1-2H3. The van der Waals surface area contributed by atoms with Gasteiger partial charge in [0.05, 0.1) is 6.61 Å². The van der Waals surface area contributed by atoms with E-state index < -0.39 is 5.54 Å². The first-order valence-corrected chi connectivity index (χ1v) is 6.01. The summed E-state index contributed by atoms with van der Waals surface area (Å²) in [5.41, 5.74) is 5.36. The molecule has 2 N–H and O–H groups in total. The van der Waals surface area contributed by atoms with E-state index in [0.717, 1.165) is 32.1 Å². The van der Waals surface area contributed by atoms with Crippen LogP contribution in [0.5, 0.6) is 0 Å². The van der Waals surface area contributed by atoms with Gasteiger partial charge in [0.2, 0.25) is 0 Å². The maximum Gasteiger partial charge on any atom is 0.326 e. The highest BCUT2D eigenvalue weighted by molar-refractivity contribution is 5.80. The van der Waals surface area contributed by atoms with E-state index in [4.69, 9.17) is 10.5 Å². The fraction of sp³-hybridized carbons (Fsp3) is 0.917. The molecular weight excluding hydrogens is 190 g/mol. The molecule has 0 amide bonds. The highest BCUT2D eigenvalue weighted by Gasteiger charge is 2.36. The number of rotatable bonds is 4. The Morgan fingerprint density at radius 1 is 1.33 bits per heavy atom. The summed E-state index contributed by atoms with van der Waals surface area (Å²) in [5, 5.41) is 0. The maximum absolute atomic E-state index is 11.8. The minimum absolute atomic E-state index is 0.192. The zero-order chi connectivity index (χ0) is 11.3. The number of hydrogen-bond donors (Lipinski definition) is 1. The van der Waals surface area contributed by atoms with Crippen molar-refractivity contribution in [3.05, 3.63) is 0 Å². The van der Waals surface area contributed by atoms with E-state index in [9.17, 15) is 4.79 Å². The summed E-state index contributed by atoms with van der Waals surface area (Å²) >= 11 is 0. The fourth-order valence-corrected chi connectivity index (χ4v) is 1.92. The molecule has 1 aliphatic rings. The van der Waals surface area contributed by atoms with Crippen LogP contribution in [0.1, 0.15) is 52.4 Å². The summed E-state index contributed by atoms with van der Waals surface area (Å²) in [7, 11) is 0. The Morgan fingerprint density at radius 3 is 2.47 bits per heavy atom. The van der Waals surface area contributed by atoms with E-state index in [0.29, 0.717) is 12.5 Å². The van der Waals surface area contributed by atoms with Gasteiger partial charge in [-0.2, -0.15) is 0 Å². The molecular formula is C12H23NO2. The van der Waals surface area contributed by atoms with Crippen LogP contribution >= 0.6 is 0 Å². The average Bonchev–Trinajstić information content (AvgIpc) is 2.18. The van der Waals surface area contributed by atoms with Crippen molar-refractivity contribution in [2.24, 2.45) is 11.7 Å². The van der Waals surface area contributed by atoms with Crippen molar-refractivity contribution in [3.8, 4) is 0 Å². The van der Waals surface area contributed by atoms with Gasteiger partial charge in [0, 0.05) is 0 Å². The highest BCUT2D eigenvalue weighted by Crippen LogP contribution is 2.27. The quantitative estimate of drug-likeness (QED) is 0.729. The Hall–Kier alpha value is -0.570. The van der Waals surface area contributed by atoms with Crippen LogP contribution in [0.4, 0.5) is 0 Å². The first kappa shape index (κ1) is 12.5. The summed E-state index contributed by atoms with van der Waals surface area (Å²) in [4.78, 5) is 11.8. The van der Waals surface area contributed by atoms with Crippen LogP contribution in [-0.2, 0) is 9.53 Å². The molecule has 1 aliphatic carbocycles. The molecule has 1 rings (SSSR count). The molecule has 88 valence electrons. The molecule has 0 radical (unpaired) electrons. The summed E-state index contributed by atoms with van der Waals surface area (Å²) in [6, 6.07) is 0. The van der Waals surface area contributed by atoms with Crippen LogP contribution in [0.15, 0.2) is 0 Å². The topological polar surface area (TPSA) is 52.3 Å². The third-order valence-electron chi connectivity index (χ3n) is 3.08. The first-order chi connectivity index (χ1) is 7.04. The minimum atomic E-state index is -0.685. The van der Waals surface area contributed by atoms with Gasteiger partial charge in [-0.05, 0) is 25.2 Å². The van der Waals surface area contributed by atoms with Crippen LogP contribution in [0.3, 0.4) is 0 Å². The zero-order valence-corrected chi connectivity index (χ0v) is 9.92. The van der Waals surface area contributed by atoms with Crippen molar-refractivity contribution in [2.75, 3.05) is 6.61 Å². The van der Waals surface area contributed by atoms with E-state index >= 15 is 0 Å². The second kappa shape index (κ2) is 5.50. The molecule has 15 heavy (non-hydrogen) atoms. The lowest BCUT2D eigenvalue weighted by Gasteiger charge is -2.30.